The third-order valence-corrected chi connectivity index (χ3v) is 12.3. The number of hydrogen-bond donors (Lipinski definition) is 4. The van der Waals surface area contributed by atoms with E-state index in [2.05, 4.69) is 25.8 Å². The minimum Gasteiger partial charge on any atom is -0.390 e. The molecule has 6 rings (SSSR count). The molecular formula is C34H60ClN5O5. The maximum absolute atomic E-state index is 13.0. The fourth-order valence-electron chi connectivity index (χ4n) is 8.91. The van der Waals surface area contributed by atoms with Gasteiger partial charge < -0.3 is 39.8 Å². The summed E-state index contributed by atoms with van der Waals surface area (Å²) >= 11 is 6.94. The molecule has 0 aromatic carbocycles. The highest BCUT2D eigenvalue weighted by Gasteiger charge is 2.42. The maximum atomic E-state index is 13.0. The zero-order valence-electron chi connectivity index (χ0n) is 27.4. The van der Waals surface area contributed by atoms with Crippen molar-refractivity contribution in [3.05, 3.63) is 0 Å². The largest absolute Gasteiger partial charge is 0.390 e. The first kappa shape index (κ1) is 34.3. The average molecular weight is 654 g/mol. The third kappa shape index (κ3) is 9.98. The highest BCUT2D eigenvalue weighted by Crippen LogP contribution is 2.40. The molecule has 4 N–H and O–H groups in total. The Balaban J connectivity index is 0.819. The lowest BCUT2D eigenvalue weighted by atomic mass is 9.73. The normalized spacial score (nSPS) is 36.9. The molecule has 5 unspecified atom stereocenters. The van der Waals surface area contributed by atoms with Gasteiger partial charge in [-0.3, -0.25) is 10.1 Å². The van der Waals surface area contributed by atoms with Crippen LogP contribution in [0.1, 0.15) is 70.6 Å². The average Bonchev–Trinajstić information content (AvgIpc) is 3.59. The Morgan fingerprint density at radius 1 is 0.933 bits per heavy atom. The van der Waals surface area contributed by atoms with Crippen LogP contribution < -0.4 is 16.0 Å². The number of carbonyl (C=O) groups excluding carboxylic acids is 1. The first-order valence-electron chi connectivity index (χ1n) is 18.3. The van der Waals surface area contributed by atoms with Gasteiger partial charge in [-0.2, -0.15) is 0 Å². The molecule has 1 amide bonds. The Morgan fingerprint density at radius 2 is 1.69 bits per heavy atom. The number of likely N-dealkylation sites (tertiary alicyclic amines) is 2. The summed E-state index contributed by atoms with van der Waals surface area (Å²) in [7, 11) is 0. The van der Waals surface area contributed by atoms with Gasteiger partial charge in [-0.15, -0.1) is 11.6 Å². The summed E-state index contributed by atoms with van der Waals surface area (Å²) in [6, 6.07) is 0. The molecule has 0 bridgehead atoms. The zero-order valence-corrected chi connectivity index (χ0v) is 28.1. The fourth-order valence-corrected chi connectivity index (χ4v) is 9.44. The number of hydrogen-bond acceptors (Lipinski definition) is 9. The molecule has 2 saturated carbocycles. The summed E-state index contributed by atoms with van der Waals surface area (Å²) in [5.74, 6) is 1.98. The van der Waals surface area contributed by atoms with Crippen LogP contribution in [0.25, 0.3) is 0 Å². The summed E-state index contributed by atoms with van der Waals surface area (Å²) in [5.41, 5.74) is 0. The molecule has 0 radical (unpaired) electrons. The van der Waals surface area contributed by atoms with Crippen LogP contribution in [0.3, 0.4) is 0 Å². The quantitative estimate of drug-likeness (QED) is 0.236. The highest BCUT2D eigenvalue weighted by atomic mass is 35.5. The molecule has 11 heteroatoms. The number of carbonyl (C=O) groups is 1. The number of alkyl halides is 1. The summed E-state index contributed by atoms with van der Waals surface area (Å²) in [4.78, 5) is 18.0. The van der Waals surface area contributed by atoms with E-state index in [4.69, 9.17) is 25.8 Å². The van der Waals surface area contributed by atoms with Crippen molar-refractivity contribution in [2.24, 2.45) is 23.7 Å². The lowest BCUT2D eigenvalue weighted by molar-refractivity contribution is -0.128. The number of aliphatic hydroxyl groups is 1. The van der Waals surface area contributed by atoms with E-state index in [-0.39, 0.29) is 35.5 Å². The van der Waals surface area contributed by atoms with Crippen molar-refractivity contribution in [3.63, 3.8) is 0 Å². The molecule has 258 valence electrons. The number of β-amino-alcohol motifs (C(OH)–C–C–N with tert-alkyl or cyclic N) is 1. The molecule has 2 aliphatic carbocycles. The topological polar surface area (TPSA) is 108 Å². The van der Waals surface area contributed by atoms with E-state index < -0.39 is 6.10 Å². The van der Waals surface area contributed by atoms with Gasteiger partial charge in [-0.05, 0) is 108 Å². The predicted octanol–water partition coefficient (Wildman–Crippen LogP) is 2.17. The van der Waals surface area contributed by atoms with Crippen LogP contribution >= 0.6 is 11.6 Å². The lowest BCUT2D eigenvalue weighted by Gasteiger charge is -2.46. The number of nitrogens with one attached hydrogen (secondary N) is 3. The minimum atomic E-state index is -0.558. The summed E-state index contributed by atoms with van der Waals surface area (Å²) in [6.07, 6.45) is 12.0. The van der Waals surface area contributed by atoms with Crippen LogP contribution in [0.5, 0.6) is 0 Å². The molecule has 4 heterocycles. The summed E-state index contributed by atoms with van der Waals surface area (Å²) in [5, 5.41) is 20.6. The van der Waals surface area contributed by atoms with Gasteiger partial charge in [0.2, 0.25) is 5.91 Å². The van der Waals surface area contributed by atoms with Crippen LogP contribution in [0, 0.1) is 23.7 Å². The Kier molecular flexibility index (Phi) is 13.1. The van der Waals surface area contributed by atoms with Gasteiger partial charge in [0, 0.05) is 51.7 Å². The monoisotopic (exact) mass is 653 g/mol. The van der Waals surface area contributed by atoms with E-state index in [0.717, 1.165) is 96.4 Å². The van der Waals surface area contributed by atoms with Crippen molar-refractivity contribution in [2.75, 3.05) is 78.8 Å². The van der Waals surface area contributed by atoms with E-state index in [9.17, 15) is 9.90 Å². The minimum absolute atomic E-state index is 0.0343. The van der Waals surface area contributed by atoms with Gasteiger partial charge >= 0.3 is 0 Å². The number of halogens is 1. The van der Waals surface area contributed by atoms with Gasteiger partial charge in [0.1, 0.15) is 0 Å². The zero-order chi connectivity index (χ0) is 31.0. The summed E-state index contributed by atoms with van der Waals surface area (Å²) < 4.78 is 18.3. The Morgan fingerprint density at radius 3 is 2.44 bits per heavy atom. The van der Waals surface area contributed by atoms with Crippen LogP contribution in [-0.2, 0) is 19.0 Å². The van der Waals surface area contributed by atoms with E-state index >= 15 is 0 Å². The van der Waals surface area contributed by atoms with Gasteiger partial charge in [0.15, 0.2) is 0 Å². The molecule has 0 aromatic heterocycles. The van der Waals surface area contributed by atoms with Gasteiger partial charge in [-0.25, -0.2) is 0 Å². The van der Waals surface area contributed by atoms with Crippen molar-refractivity contribution >= 4 is 17.5 Å². The maximum Gasteiger partial charge on any atom is 0.223 e. The Hall–Kier alpha value is -0.560. The van der Waals surface area contributed by atoms with E-state index in [1.165, 1.54) is 32.5 Å². The third-order valence-electron chi connectivity index (χ3n) is 11.7. The van der Waals surface area contributed by atoms with Gasteiger partial charge in [-0.1, -0.05) is 0 Å². The van der Waals surface area contributed by atoms with E-state index in [0.29, 0.717) is 44.4 Å². The first-order chi connectivity index (χ1) is 22.0. The standard InChI is InChI=1S/C34H60ClN5O5/c35-33-31-11-16-40(20-26(31)3-6-32(33)43-22-30-18-37-23-44-30)21-27(41)17-38-34(42)25-1-4-28(5-2-25)45-29-9-14-39(15-10-29)19-24-7-12-36-13-8-24/h24-33,36-37,41H,1-23H2,(H,38,42)/t25?,26?,27-,28?,30?,31?,32?,33?/m0/s1. The smallest absolute Gasteiger partial charge is 0.223 e. The number of piperidine rings is 3. The Bertz CT molecular complexity index is 892. The van der Waals surface area contributed by atoms with E-state index in [1.807, 2.05) is 0 Å². The number of fused-ring (bicyclic) bond motifs is 1. The molecular weight excluding hydrogens is 594 g/mol. The molecule has 6 fully saturated rings. The van der Waals surface area contributed by atoms with Gasteiger partial charge in [0.25, 0.3) is 0 Å². The summed E-state index contributed by atoms with van der Waals surface area (Å²) in [6.45, 7) is 10.8. The lowest BCUT2D eigenvalue weighted by Crippen LogP contribution is -2.52. The number of nitrogens with zero attached hydrogens (tertiary/aromatic N) is 2. The van der Waals surface area contributed by atoms with Crippen molar-refractivity contribution in [3.8, 4) is 0 Å². The number of rotatable bonds is 12. The molecule has 45 heavy (non-hydrogen) atoms. The van der Waals surface area contributed by atoms with Crippen LogP contribution in [0.15, 0.2) is 0 Å². The fraction of sp³-hybridized carbons (Fsp3) is 0.971. The molecule has 4 aliphatic heterocycles. The Labute approximate surface area is 276 Å². The molecule has 10 nitrogen and oxygen atoms in total. The van der Waals surface area contributed by atoms with Gasteiger partial charge in [0.05, 0.1) is 49.2 Å². The molecule has 6 aliphatic rings. The van der Waals surface area contributed by atoms with Crippen LogP contribution in [0.2, 0.25) is 0 Å². The number of aliphatic hydroxyl groups excluding tert-OH is 1. The first-order valence-corrected chi connectivity index (χ1v) is 18.8. The van der Waals surface area contributed by atoms with Crippen molar-refractivity contribution < 1.29 is 24.1 Å². The predicted molar refractivity (Wildman–Crippen MR) is 175 cm³/mol. The highest BCUT2D eigenvalue weighted by molar-refractivity contribution is 6.21. The molecule has 4 saturated heterocycles. The number of amides is 1. The second kappa shape index (κ2) is 17.2. The number of ether oxygens (including phenoxy) is 3. The van der Waals surface area contributed by atoms with Crippen molar-refractivity contribution in [1.82, 2.24) is 25.8 Å². The van der Waals surface area contributed by atoms with E-state index in [1.54, 1.807) is 0 Å². The second-order valence-corrected chi connectivity index (χ2v) is 15.5. The molecule has 0 aromatic rings. The van der Waals surface area contributed by atoms with Crippen LogP contribution in [0.4, 0.5) is 0 Å². The van der Waals surface area contributed by atoms with Crippen molar-refractivity contribution in [2.45, 2.75) is 107 Å². The molecule has 0 spiro atoms. The SMILES string of the molecule is O=C(NC[C@H](O)CN1CCC2C(CCC(OCC3CNCO3)C2Cl)C1)C1CCC(OC2CCN(CC3CCNCC3)CC2)CC1. The van der Waals surface area contributed by atoms with Crippen LogP contribution in [-0.4, -0.2) is 135 Å². The van der Waals surface area contributed by atoms with Crippen molar-refractivity contribution in [1.29, 1.82) is 0 Å². The second-order valence-electron chi connectivity index (χ2n) is 15.0. The molecule has 6 atom stereocenters.